The molecule has 1 heterocycles. The minimum atomic E-state index is -3.81. The van der Waals surface area contributed by atoms with Crippen LogP contribution in [0.4, 0.5) is 23.1 Å². The summed E-state index contributed by atoms with van der Waals surface area (Å²) in [5.41, 5.74) is 2.28. The van der Waals surface area contributed by atoms with Gasteiger partial charge in [-0.15, -0.1) is 0 Å². The number of rotatable bonds is 7. The zero-order valence-corrected chi connectivity index (χ0v) is 18.0. The number of aryl methyl sites for hydroxylation is 1. The number of sulfonamides is 1. The van der Waals surface area contributed by atoms with Crippen molar-refractivity contribution in [3.8, 4) is 0 Å². The molecule has 0 saturated carbocycles. The summed E-state index contributed by atoms with van der Waals surface area (Å²) in [6.07, 6.45) is 0. The lowest BCUT2D eigenvalue weighted by atomic mass is 10.2. The number of ketones is 1. The van der Waals surface area contributed by atoms with Crippen molar-refractivity contribution in [3.05, 3.63) is 65.9 Å². The lowest BCUT2D eigenvalue weighted by Gasteiger charge is -2.14. The van der Waals surface area contributed by atoms with E-state index in [0.717, 1.165) is 11.5 Å². The molecule has 0 aliphatic heterocycles. The number of hydrogen-bond donors (Lipinski definition) is 2. The number of hydrogen-bond acceptors (Lipinski definition) is 7. The van der Waals surface area contributed by atoms with Gasteiger partial charge in [-0.05, 0) is 50.2 Å². The summed E-state index contributed by atoms with van der Waals surface area (Å²) >= 11 is 0. The fraction of sp³-hybridized carbons (Fsp3) is 0.190. The van der Waals surface area contributed by atoms with E-state index in [1.165, 1.54) is 19.1 Å². The first-order valence-corrected chi connectivity index (χ1v) is 10.7. The minimum absolute atomic E-state index is 0.0294. The smallest absolute Gasteiger partial charge is 0.261 e. The molecule has 0 spiro atoms. The van der Waals surface area contributed by atoms with Gasteiger partial charge in [0.1, 0.15) is 5.82 Å². The number of Topliss-reactive ketones (excluding diaryl/α,β-unsaturated/α-hetero) is 1. The van der Waals surface area contributed by atoms with E-state index >= 15 is 0 Å². The Morgan fingerprint density at radius 1 is 0.967 bits per heavy atom. The van der Waals surface area contributed by atoms with Gasteiger partial charge in [0.2, 0.25) is 5.95 Å². The summed E-state index contributed by atoms with van der Waals surface area (Å²) in [5, 5.41) is 3.12. The highest BCUT2D eigenvalue weighted by Gasteiger charge is 2.15. The van der Waals surface area contributed by atoms with Crippen LogP contribution in [0.15, 0.2) is 59.5 Å². The molecule has 2 N–H and O–H groups in total. The van der Waals surface area contributed by atoms with E-state index in [0.29, 0.717) is 22.9 Å². The normalized spacial score (nSPS) is 11.1. The van der Waals surface area contributed by atoms with E-state index in [9.17, 15) is 13.2 Å². The predicted molar refractivity (Wildman–Crippen MR) is 118 cm³/mol. The molecule has 9 heteroatoms. The Kier molecular flexibility index (Phi) is 6.02. The van der Waals surface area contributed by atoms with Gasteiger partial charge < -0.3 is 10.2 Å². The van der Waals surface area contributed by atoms with Gasteiger partial charge in [0, 0.05) is 42.8 Å². The van der Waals surface area contributed by atoms with E-state index in [2.05, 4.69) is 20.0 Å². The van der Waals surface area contributed by atoms with Crippen LogP contribution in [0.2, 0.25) is 0 Å². The van der Waals surface area contributed by atoms with Gasteiger partial charge in [0.15, 0.2) is 5.78 Å². The molecule has 0 unspecified atom stereocenters. The van der Waals surface area contributed by atoms with Gasteiger partial charge in [0.05, 0.1) is 4.90 Å². The summed E-state index contributed by atoms with van der Waals surface area (Å²) in [4.78, 5) is 22.2. The second-order valence-electron chi connectivity index (χ2n) is 6.98. The van der Waals surface area contributed by atoms with Crippen LogP contribution in [0.25, 0.3) is 0 Å². The average Bonchev–Trinajstić information content (AvgIpc) is 2.69. The quantitative estimate of drug-likeness (QED) is 0.557. The minimum Gasteiger partial charge on any atom is -0.363 e. The molecule has 0 saturated heterocycles. The van der Waals surface area contributed by atoms with Crippen LogP contribution in [0.1, 0.15) is 23.0 Å². The third kappa shape index (κ3) is 5.12. The van der Waals surface area contributed by atoms with Crippen LogP contribution in [-0.4, -0.2) is 38.3 Å². The average molecular weight is 426 g/mol. The van der Waals surface area contributed by atoms with Crippen molar-refractivity contribution >= 4 is 38.9 Å². The topological polar surface area (TPSA) is 104 Å². The van der Waals surface area contributed by atoms with Crippen LogP contribution < -0.4 is 14.9 Å². The molecule has 1 aromatic heterocycles. The number of carbonyl (C=O) groups excluding carboxylic acids is 1. The first kappa shape index (κ1) is 21.3. The maximum atomic E-state index is 12.6. The number of benzene rings is 2. The third-order valence-electron chi connectivity index (χ3n) is 4.24. The van der Waals surface area contributed by atoms with Crippen LogP contribution in [0, 0.1) is 6.92 Å². The highest BCUT2D eigenvalue weighted by atomic mass is 32.2. The van der Waals surface area contributed by atoms with E-state index in [1.54, 1.807) is 36.4 Å². The molecule has 0 bridgehead atoms. The van der Waals surface area contributed by atoms with Gasteiger partial charge in [0.25, 0.3) is 10.0 Å². The molecule has 0 amide bonds. The summed E-state index contributed by atoms with van der Waals surface area (Å²) in [7, 11) is -0.0120. The molecule has 8 nitrogen and oxygen atoms in total. The van der Waals surface area contributed by atoms with Gasteiger partial charge >= 0.3 is 0 Å². The van der Waals surface area contributed by atoms with E-state index in [4.69, 9.17) is 0 Å². The lowest BCUT2D eigenvalue weighted by Crippen LogP contribution is -2.13. The Balaban J connectivity index is 1.76. The summed E-state index contributed by atoms with van der Waals surface area (Å²) in [6.45, 7) is 3.28. The number of nitrogens with one attached hydrogen (secondary N) is 2. The molecular formula is C21H23N5O3S. The lowest BCUT2D eigenvalue weighted by molar-refractivity contribution is 0.101. The van der Waals surface area contributed by atoms with Gasteiger partial charge in [-0.25, -0.2) is 13.4 Å². The van der Waals surface area contributed by atoms with Crippen LogP contribution in [0.3, 0.4) is 0 Å². The third-order valence-corrected chi connectivity index (χ3v) is 5.62. The highest BCUT2D eigenvalue weighted by Crippen LogP contribution is 2.22. The molecule has 156 valence electrons. The standard InChI is InChI=1S/C21H23N5O3S/c1-14-12-20(26(3)4)24-21(22-14)23-17-8-10-18(11-9-17)25-30(28,29)19-7-5-6-16(13-19)15(2)27/h5-13,25H,1-4H3,(H,22,23,24). The van der Waals surface area contributed by atoms with Crippen molar-refractivity contribution in [2.75, 3.05) is 29.0 Å². The number of carbonyl (C=O) groups is 1. The summed E-state index contributed by atoms with van der Waals surface area (Å²) in [6, 6.07) is 14.5. The van der Waals surface area contributed by atoms with Crippen molar-refractivity contribution in [2.45, 2.75) is 18.7 Å². The van der Waals surface area contributed by atoms with E-state index in [1.807, 2.05) is 32.0 Å². The van der Waals surface area contributed by atoms with Crippen molar-refractivity contribution in [1.82, 2.24) is 9.97 Å². The largest absolute Gasteiger partial charge is 0.363 e. The van der Waals surface area contributed by atoms with Crippen LogP contribution in [0.5, 0.6) is 0 Å². The number of nitrogens with zero attached hydrogens (tertiary/aromatic N) is 3. The van der Waals surface area contributed by atoms with Crippen molar-refractivity contribution in [1.29, 1.82) is 0 Å². The first-order valence-electron chi connectivity index (χ1n) is 9.18. The Bertz CT molecular complexity index is 1180. The Morgan fingerprint density at radius 2 is 1.63 bits per heavy atom. The molecule has 0 atom stereocenters. The van der Waals surface area contributed by atoms with Crippen LogP contribution in [-0.2, 0) is 10.0 Å². The van der Waals surface area contributed by atoms with E-state index < -0.39 is 10.0 Å². The van der Waals surface area contributed by atoms with Gasteiger partial charge in [-0.2, -0.15) is 4.98 Å². The monoisotopic (exact) mass is 425 g/mol. The summed E-state index contributed by atoms with van der Waals surface area (Å²) in [5.74, 6) is 1.04. The molecule has 0 fully saturated rings. The fourth-order valence-corrected chi connectivity index (χ4v) is 3.79. The number of anilines is 4. The molecular weight excluding hydrogens is 402 g/mol. The zero-order chi connectivity index (χ0) is 21.9. The fourth-order valence-electron chi connectivity index (χ4n) is 2.68. The molecule has 0 aliphatic rings. The van der Waals surface area contributed by atoms with Gasteiger partial charge in [-0.1, -0.05) is 12.1 Å². The Labute approximate surface area is 176 Å². The Morgan fingerprint density at radius 3 is 2.27 bits per heavy atom. The first-order chi connectivity index (χ1) is 14.1. The van der Waals surface area contributed by atoms with Crippen LogP contribution >= 0.6 is 0 Å². The van der Waals surface area contributed by atoms with Crippen molar-refractivity contribution in [2.24, 2.45) is 0 Å². The Hall–Kier alpha value is -3.46. The predicted octanol–water partition coefficient (Wildman–Crippen LogP) is 3.60. The molecule has 2 aromatic carbocycles. The molecule has 30 heavy (non-hydrogen) atoms. The maximum absolute atomic E-state index is 12.6. The summed E-state index contributed by atoms with van der Waals surface area (Å²) < 4.78 is 27.8. The molecule has 0 radical (unpaired) electrons. The van der Waals surface area contributed by atoms with Crippen molar-refractivity contribution in [3.63, 3.8) is 0 Å². The zero-order valence-electron chi connectivity index (χ0n) is 17.2. The van der Waals surface area contributed by atoms with E-state index in [-0.39, 0.29) is 10.7 Å². The second-order valence-corrected chi connectivity index (χ2v) is 8.66. The SMILES string of the molecule is CC(=O)c1cccc(S(=O)(=O)Nc2ccc(Nc3nc(C)cc(N(C)C)n3)cc2)c1. The van der Waals surface area contributed by atoms with Crippen molar-refractivity contribution < 1.29 is 13.2 Å². The molecule has 3 aromatic rings. The number of aromatic nitrogens is 2. The maximum Gasteiger partial charge on any atom is 0.261 e. The highest BCUT2D eigenvalue weighted by molar-refractivity contribution is 7.92. The molecule has 0 aliphatic carbocycles. The second kappa shape index (κ2) is 8.50. The van der Waals surface area contributed by atoms with Gasteiger partial charge in [-0.3, -0.25) is 9.52 Å². The molecule has 3 rings (SSSR count).